The first kappa shape index (κ1) is 27.9. The van der Waals surface area contributed by atoms with E-state index in [2.05, 4.69) is 26.6 Å². The van der Waals surface area contributed by atoms with E-state index in [1.807, 2.05) is 19.1 Å². The molecule has 200 valence electrons. The van der Waals surface area contributed by atoms with Gasteiger partial charge in [-0.1, -0.05) is 35.4 Å². The molecule has 0 radical (unpaired) electrons. The van der Waals surface area contributed by atoms with Crippen molar-refractivity contribution in [2.24, 2.45) is 0 Å². The summed E-state index contributed by atoms with van der Waals surface area (Å²) in [6.45, 7) is 3.73. The molecule has 3 aromatic rings. The number of hydrogen-bond acceptors (Lipinski definition) is 6. The summed E-state index contributed by atoms with van der Waals surface area (Å²) in [5.74, 6) is -1.46. The fourth-order valence-electron chi connectivity index (χ4n) is 3.72. The molecule has 3 aromatic carbocycles. The maximum absolute atomic E-state index is 13.2. The first-order valence-electron chi connectivity index (χ1n) is 11.8. The molecule has 39 heavy (non-hydrogen) atoms. The summed E-state index contributed by atoms with van der Waals surface area (Å²) in [4.78, 5) is 51.5. The van der Waals surface area contributed by atoms with Crippen LogP contribution in [0.25, 0.3) is 6.08 Å². The first-order valence-corrected chi connectivity index (χ1v) is 13.0. The number of halogens is 2. The zero-order valence-electron chi connectivity index (χ0n) is 20.9. The molecule has 4 rings (SSSR count). The van der Waals surface area contributed by atoms with Gasteiger partial charge in [0.15, 0.2) is 18.1 Å². The van der Waals surface area contributed by atoms with Crippen molar-refractivity contribution in [3.05, 3.63) is 86.9 Å². The van der Waals surface area contributed by atoms with Gasteiger partial charge in [-0.05, 0) is 83.9 Å². The summed E-state index contributed by atoms with van der Waals surface area (Å²) in [5.41, 5.74) is 2.07. The van der Waals surface area contributed by atoms with E-state index in [0.717, 1.165) is 10.5 Å². The van der Waals surface area contributed by atoms with E-state index in [0.29, 0.717) is 20.7 Å². The van der Waals surface area contributed by atoms with Crippen LogP contribution in [0, 0.1) is 6.92 Å². The average molecular weight is 613 g/mol. The largest absolute Gasteiger partial charge is 0.490 e. The number of amides is 5. The maximum Gasteiger partial charge on any atom is 0.335 e. The van der Waals surface area contributed by atoms with E-state index < -0.39 is 17.8 Å². The van der Waals surface area contributed by atoms with Crippen LogP contribution in [0.2, 0.25) is 5.02 Å². The molecule has 1 aliphatic heterocycles. The lowest BCUT2D eigenvalue weighted by molar-refractivity contribution is -0.122. The number of nitrogens with one attached hydrogen (secondary N) is 2. The normalized spacial score (nSPS) is 14.3. The van der Waals surface area contributed by atoms with Gasteiger partial charge in [0.1, 0.15) is 5.57 Å². The standard InChI is InChI=1S/C28H23BrClN3O6/c1-3-38-23-13-17(12-22(29)25(23)39-15-24(34)31-19-9-7-16(2)8-10-19)11-21-26(35)32-28(37)33(27(21)36)20-6-4-5-18(30)14-20/h4-14H,3,15H2,1-2H3,(H,31,34)(H,32,35,37)/b21-11+. The van der Waals surface area contributed by atoms with E-state index in [4.69, 9.17) is 21.1 Å². The van der Waals surface area contributed by atoms with Gasteiger partial charge in [-0.15, -0.1) is 0 Å². The Morgan fingerprint density at radius 1 is 1.08 bits per heavy atom. The minimum absolute atomic E-state index is 0.215. The van der Waals surface area contributed by atoms with E-state index in [-0.39, 0.29) is 41.9 Å². The average Bonchev–Trinajstić information content (AvgIpc) is 2.87. The lowest BCUT2D eigenvalue weighted by Gasteiger charge is -2.26. The molecule has 2 N–H and O–H groups in total. The summed E-state index contributed by atoms with van der Waals surface area (Å²) in [6.07, 6.45) is 1.34. The third kappa shape index (κ3) is 6.65. The number of nitrogens with zero attached hydrogens (tertiary/aromatic N) is 1. The molecule has 5 amide bonds. The molecule has 0 saturated carbocycles. The van der Waals surface area contributed by atoms with E-state index in [9.17, 15) is 19.2 Å². The zero-order valence-corrected chi connectivity index (χ0v) is 23.3. The van der Waals surface area contributed by atoms with Gasteiger partial charge in [0.25, 0.3) is 17.7 Å². The number of imide groups is 2. The summed E-state index contributed by atoms with van der Waals surface area (Å²) in [5, 5.41) is 5.25. The van der Waals surface area contributed by atoms with Gasteiger partial charge in [-0.3, -0.25) is 19.7 Å². The number of barbiturate groups is 1. The highest BCUT2D eigenvalue weighted by atomic mass is 79.9. The van der Waals surface area contributed by atoms with Gasteiger partial charge in [0.05, 0.1) is 16.8 Å². The van der Waals surface area contributed by atoms with Crippen molar-refractivity contribution in [1.82, 2.24) is 5.32 Å². The summed E-state index contributed by atoms with van der Waals surface area (Å²) < 4.78 is 11.9. The lowest BCUT2D eigenvalue weighted by Crippen LogP contribution is -2.54. The second-order valence-electron chi connectivity index (χ2n) is 8.40. The third-order valence-corrected chi connectivity index (χ3v) is 6.32. The van der Waals surface area contributed by atoms with Crippen molar-refractivity contribution in [3.8, 4) is 11.5 Å². The van der Waals surface area contributed by atoms with Crippen LogP contribution in [-0.2, 0) is 14.4 Å². The summed E-state index contributed by atoms with van der Waals surface area (Å²) >= 11 is 9.44. The second kappa shape index (κ2) is 12.1. The van der Waals surface area contributed by atoms with Crippen LogP contribution in [0.4, 0.5) is 16.2 Å². The Bertz CT molecular complexity index is 1490. The van der Waals surface area contributed by atoms with E-state index >= 15 is 0 Å². The number of hydrogen-bond donors (Lipinski definition) is 2. The van der Waals surface area contributed by atoms with Crippen molar-refractivity contribution >= 4 is 68.7 Å². The molecule has 1 aliphatic rings. The molecule has 0 unspecified atom stereocenters. The Kier molecular flexibility index (Phi) is 8.68. The molecule has 9 nitrogen and oxygen atoms in total. The molecule has 1 saturated heterocycles. The van der Waals surface area contributed by atoms with Crippen molar-refractivity contribution in [1.29, 1.82) is 0 Å². The number of ether oxygens (including phenoxy) is 2. The molecule has 0 atom stereocenters. The van der Waals surface area contributed by atoms with Crippen LogP contribution in [0.5, 0.6) is 11.5 Å². The molecule has 1 heterocycles. The van der Waals surface area contributed by atoms with Crippen LogP contribution in [0.1, 0.15) is 18.1 Å². The van der Waals surface area contributed by atoms with Gasteiger partial charge < -0.3 is 14.8 Å². The van der Waals surface area contributed by atoms with Crippen LogP contribution in [0.3, 0.4) is 0 Å². The molecule has 11 heteroatoms. The van der Waals surface area contributed by atoms with Crippen LogP contribution in [0.15, 0.2) is 70.7 Å². The molecule has 0 bridgehead atoms. The minimum Gasteiger partial charge on any atom is -0.490 e. The third-order valence-electron chi connectivity index (χ3n) is 5.49. The Labute approximate surface area is 237 Å². The van der Waals surface area contributed by atoms with Crippen LogP contribution < -0.4 is 25.0 Å². The van der Waals surface area contributed by atoms with Crippen LogP contribution >= 0.6 is 27.5 Å². The molecular formula is C28H23BrClN3O6. The quantitative estimate of drug-likeness (QED) is 0.257. The van der Waals surface area contributed by atoms with Crippen molar-refractivity contribution < 1.29 is 28.7 Å². The molecule has 0 spiro atoms. The zero-order chi connectivity index (χ0) is 28.1. The number of benzene rings is 3. The van der Waals surface area contributed by atoms with Gasteiger partial charge in [0, 0.05) is 10.7 Å². The second-order valence-corrected chi connectivity index (χ2v) is 9.69. The monoisotopic (exact) mass is 611 g/mol. The van der Waals surface area contributed by atoms with Gasteiger partial charge in [-0.25, -0.2) is 9.69 Å². The fraction of sp³-hybridized carbons (Fsp3) is 0.143. The fourth-order valence-corrected chi connectivity index (χ4v) is 4.48. The number of rotatable bonds is 8. The van der Waals surface area contributed by atoms with Crippen molar-refractivity contribution in [2.75, 3.05) is 23.4 Å². The predicted octanol–water partition coefficient (Wildman–Crippen LogP) is 5.49. The number of anilines is 2. The number of carbonyl (C=O) groups excluding carboxylic acids is 4. The summed E-state index contributed by atoms with van der Waals surface area (Å²) in [6, 6.07) is 15.8. The van der Waals surface area contributed by atoms with Crippen molar-refractivity contribution in [2.45, 2.75) is 13.8 Å². The topological polar surface area (TPSA) is 114 Å². The molecule has 0 aromatic heterocycles. The smallest absolute Gasteiger partial charge is 0.335 e. The van der Waals surface area contributed by atoms with Gasteiger partial charge >= 0.3 is 6.03 Å². The SMILES string of the molecule is CCOc1cc(/C=C2\C(=O)NC(=O)N(c3cccc(Cl)c3)C2=O)cc(Br)c1OCC(=O)Nc1ccc(C)cc1. The Morgan fingerprint density at radius 3 is 2.51 bits per heavy atom. The van der Waals surface area contributed by atoms with E-state index in [1.54, 1.807) is 43.3 Å². The number of carbonyl (C=O) groups is 4. The van der Waals surface area contributed by atoms with Crippen molar-refractivity contribution in [3.63, 3.8) is 0 Å². The predicted molar refractivity (Wildman–Crippen MR) is 151 cm³/mol. The van der Waals surface area contributed by atoms with E-state index in [1.165, 1.54) is 18.2 Å². The maximum atomic E-state index is 13.2. The number of urea groups is 1. The molecule has 1 fully saturated rings. The van der Waals surface area contributed by atoms with Gasteiger partial charge in [0.2, 0.25) is 0 Å². The minimum atomic E-state index is -0.881. The molecule has 0 aliphatic carbocycles. The Balaban J connectivity index is 1.58. The molecular weight excluding hydrogens is 590 g/mol. The highest BCUT2D eigenvalue weighted by Gasteiger charge is 2.37. The first-order chi connectivity index (χ1) is 18.7. The highest BCUT2D eigenvalue weighted by molar-refractivity contribution is 9.10. The lowest BCUT2D eigenvalue weighted by atomic mass is 10.1. The number of aryl methyl sites for hydroxylation is 1. The Morgan fingerprint density at radius 2 is 1.82 bits per heavy atom. The summed E-state index contributed by atoms with van der Waals surface area (Å²) in [7, 11) is 0. The van der Waals surface area contributed by atoms with Gasteiger partial charge in [-0.2, -0.15) is 0 Å². The Hall–Kier alpha value is -4.15. The highest BCUT2D eigenvalue weighted by Crippen LogP contribution is 2.38. The van der Waals surface area contributed by atoms with Crippen LogP contribution in [-0.4, -0.2) is 37.0 Å².